The van der Waals surface area contributed by atoms with Crippen LogP contribution in [0.4, 0.5) is 0 Å². The molecule has 13 heavy (non-hydrogen) atoms. The number of hydrogen-bond acceptors (Lipinski definition) is 1. The minimum Gasteiger partial charge on any atom is -0.344 e. The summed E-state index contributed by atoms with van der Waals surface area (Å²) in [5.41, 5.74) is 0. The summed E-state index contributed by atoms with van der Waals surface area (Å²) in [6.07, 6.45) is 10.9. The van der Waals surface area contributed by atoms with Gasteiger partial charge in [-0.2, -0.15) is 6.42 Å². The van der Waals surface area contributed by atoms with Gasteiger partial charge in [-0.1, -0.05) is 51.9 Å². The fourth-order valence-electron chi connectivity index (χ4n) is 1.13. The van der Waals surface area contributed by atoms with Crippen molar-refractivity contribution in [2.75, 3.05) is 0 Å². The Kier molecular flexibility index (Phi) is 44.0. The van der Waals surface area contributed by atoms with Gasteiger partial charge in [0.2, 0.25) is 0 Å². The van der Waals surface area contributed by atoms with Gasteiger partial charge in [-0.3, -0.25) is 0 Å². The first-order chi connectivity index (χ1) is 4.91. The molecule has 0 heterocycles. The smallest absolute Gasteiger partial charge is 0.344 e. The third-order valence-electron chi connectivity index (χ3n) is 1.85. The Hall–Kier alpha value is 1.89. The standard InChI is InChI=1S/C10H21.ClH.K.H3N/c1-3-5-7-9-10-8-6-4-2;;;/h1,3-10H2,2H3;1H;;1H3/q-1;;+1;. The van der Waals surface area contributed by atoms with Crippen molar-refractivity contribution in [3.8, 4) is 0 Å². The van der Waals surface area contributed by atoms with Crippen LogP contribution in [-0.2, 0) is 0 Å². The molecular formula is C10H25ClKN. The fraction of sp³-hybridized carbons (Fsp3) is 0.900. The monoisotopic (exact) mass is 233 g/mol. The van der Waals surface area contributed by atoms with E-state index in [0.717, 1.165) is 6.42 Å². The second kappa shape index (κ2) is 23.6. The first kappa shape index (κ1) is 24.2. The van der Waals surface area contributed by atoms with E-state index in [-0.39, 0.29) is 69.9 Å². The molecule has 0 atom stereocenters. The predicted octanol–water partition coefficient (Wildman–Crippen LogP) is 1.55. The Morgan fingerprint density at radius 2 is 1.23 bits per heavy atom. The molecule has 0 saturated heterocycles. The maximum Gasteiger partial charge on any atom is 1.00 e. The molecule has 0 aromatic heterocycles. The predicted molar refractivity (Wildman–Crippen MR) is 60.2 cm³/mol. The zero-order valence-corrected chi connectivity index (χ0v) is 13.4. The zero-order valence-electron chi connectivity index (χ0n) is 9.48. The van der Waals surface area contributed by atoms with Gasteiger partial charge in [-0.05, 0) is 0 Å². The molecule has 0 aliphatic rings. The van der Waals surface area contributed by atoms with Crippen molar-refractivity contribution in [3.63, 3.8) is 0 Å². The molecule has 0 unspecified atom stereocenters. The molecule has 0 aromatic carbocycles. The van der Waals surface area contributed by atoms with Crippen LogP contribution in [0, 0.1) is 6.92 Å². The largest absolute Gasteiger partial charge is 1.00 e. The van der Waals surface area contributed by atoms with Gasteiger partial charge in [0.05, 0.1) is 0 Å². The first-order valence-corrected chi connectivity index (χ1v) is 4.71. The Morgan fingerprint density at radius 3 is 1.62 bits per heavy atom. The molecule has 0 saturated carbocycles. The summed E-state index contributed by atoms with van der Waals surface area (Å²) in [4.78, 5) is 0. The minimum absolute atomic E-state index is 0. The van der Waals surface area contributed by atoms with Crippen LogP contribution in [0.1, 0.15) is 58.3 Å². The van der Waals surface area contributed by atoms with E-state index in [9.17, 15) is 0 Å². The molecule has 3 N–H and O–H groups in total. The Balaban J connectivity index is -0.000000135. The van der Waals surface area contributed by atoms with E-state index in [2.05, 4.69) is 13.8 Å². The Morgan fingerprint density at radius 1 is 0.846 bits per heavy atom. The third kappa shape index (κ3) is 24.8. The summed E-state index contributed by atoms with van der Waals surface area (Å²) in [6.45, 7) is 6.08. The van der Waals surface area contributed by atoms with Crippen LogP contribution in [0.2, 0.25) is 0 Å². The van der Waals surface area contributed by atoms with Crippen LogP contribution in [0.25, 0.3) is 0 Å². The molecule has 0 bridgehead atoms. The van der Waals surface area contributed by atoms with E-state index in [1.54, 1.807) is 0 Å². The molecule has 0 spiro atoms. The molecule has 0 radical (unpaired) electrons. The third-order valence-corrected chi connectivity index (χ3v) is 1.85. The molecule has 0 aliphatic heterocycles. The summed E-state index contributed by atoms with van der Waals surface area (Å²) < 4.78 is 0. The van der Waals surface area contributed by atoms with Crippen molar-refractivity contribution in [1.82, 2.24) is 6.15 Å². The van der Waals surface area contributed by atoms with Crippen molar-refractivity contribution in [3.05, 3.63) is 6.92 Å². The van der Waals surface area contributed by atoms with Gasteiger partial charge in [0.1, 0.15) is 0 Å². The Bertz CT molecular complexity index is 54.9. The van der Waals surface area contributed by atoms with E-state index < -0.39 is 0 Å². The van der Waals surface area contributed by atoms with Crippen molar-refractivity contribution >= 4 is 12.4 Å². The van der Waals surface area contributed by atoms with E-state index >= 15 is 0 Å². The van der Waals surface area contributed by atoms with Crippen LogP contribution in [0.3, 0.4) is 0 Å². The van der Waals surface area contributed by atoms with Crippen molar-refractivity contribution < 1.29 is 51.4 Å². The average molecular weight is 234 g/mol. The van der Waals surface area contributed by atoms with E-state index in [1.165, 1.54) is 44.9 Å². The van der Waals surface area contributed by atoms with Crippen LogP contribution in [0.15, 0.2) is 0 Å². The number of hydrogen-bond donors (Lipinski definition) is 1. The van der Waals surface area contributed by atoms with Gasteiger partial charge in [0.15, 0.2) is 0 Å². The van der Waals surface area contributed by atoms with Crippen LogP contribution >= 0.6 is 12.4 Å². The molecule has 1 nitrogen and oxygen atoms in total. The summed E-state index contributed by atoms with van der Waals surface area (Å²) in [5, 5.41) is 0. The molecule has 78 valence electrons. The average Bonchev–Trinajstić information content (AvgIpc) is 1.97. The van der Waals surface area contributed by atoms with Gasteiger partial charge in [-0.15, -0.1) is 12.4 Å². The summed E-state index contributed by atoms with van der Waals surface area (Å²) in [6, 6.07) is 0. The van der Waals surface area contributed by atoms with Crippen molar-refractivity contribution in [1.29, 1.82) is 0 Å². The molecule has 0 rings (SSSR count). The van der Waals surface area contributed by atoms with Gasteiger partial charge >= 0.3 is 51.4 Å². The SMILES string of the molecule is Cl.N.[CH2-]CCCCCCCCC.[K+]. The maximum absolute atomic E-state index is 3.82. The van der Waals surface area contributed by atoms with Crippen LogP contribution in [0.5, 0.6) is 0 Å². The summed E-state index contributed by atoms with van der Waals surface area (Å²) in [5.74, 6) is 0. The van der Waals surface area contributed by atoms with Gasteiger partial charge in [0.25, 0.3) is 0 Å². The second-order valence-corrected chi connectivity index (χ2v) is 2.97. The van der Waals surface area contributed by atoms with Crippen LogP contribution < -0.4 is 57.5 Å². The first-order valence-electron chi connectivity index (χ1n) is 4.71. The summed E-state index contributed by atoms with van der Waals surface area (Å²) >= 11 is 0. The van der Waals surface area contributed by atoms with E-state index in [0.29, 0.717) is 0 Å². The number of halogens is 1. The summed E-state index contributed by atoms with van der Waals surface area (Å²) in [7, 11) is 0. The number of rotatable bonds is 7. The molecule has 0 fully saturated rings. The molecular weight excluding hydrogens is 209 g/mol. The van der Waals surface area contributed by atoms with E-state index in [1.807, 2.05) is 0 Å². The molecule has 0 aromatic rings. The topological polar surface area (TPSA) is 35.0 Å². The molecule has 0 aliphatic carbocycles. The fourth-order valence-corrected chi connectivity index (χ4v) is 1.13. The Labute approximate surface area is 133 Å². The molecule has 3 heteroatoms. The van der Waals surface area contributed by atoms with E-state index in [4.69, 9.17) is 0 Å². The quantitative estimate of drug-likeness (QED) is 0.404. The molecule has 0 amide bonds. The second-order valence-electron chi connectivity index (χ2n) is 2.97. The zero-order chi connectivity index (χ0) is 7.66. The van der Waals surface area contributed by atoms with Crippen molar-refractivity contribution in [2.24, 2.45) is 0 Å². The van der Waals surface area contributed by atoms with Crippen molar-refractivity contribution in [2.45, 2.75) is 58.3 Å². The maximum atomic E-state index is 3.82. The number of unbranched alkanes of at least 4 members (excludes halogenated alkanes) is 7. The minimum atomic E-state index is 0. The van der Waals surface area contributed by atoms with Gasteiger partial charge < -0.3 is 13.1 Å². The van der Waals surface area contributed by atoms with Gasteiger partial charge in [-0.25, -0.2) is 0 Å². The van der Waals surface area contributed by atoms with Gasteiger partial charge in [0, 0.05) is 0 Å². The normalized spacial score (nSPS) is 7.85. The van der Waals surface area contributed by atoms with Crippen LogP contribution in [-0.4, -0.2) is 0 Å².